The monoisotopic (exact) mass is 160 g/mol. The van der Waals surface area contributed by atoms with E-state index in [1.807, 2.05) is 0 Å². The van der Waals surface area contributed by atoms with E-state index in [0.29, 0.717) is 11.3 Å². The fourth-order valence-corrected chi connectivity index (χ4v) is 1.20. The van der Waals surface area contributed by atoms with Gasteiger partial charge in [0.1, 0.15) is 0 Å². The highest BCUT2D eigenvalue weighted by Gasteiger charge is 2.12. The Labute approximate surface area is 66.9 Å². The molecule has 0 aromatic carbocycles. The van der Waals surface area contributed by atoms with Crippen molar-refractivity contribution in [1.29, 1.82) is 0 Å². The fourth-order valence-electron chi connectivity index (χ4n) is 0.822. The van der Waals surface area contributed by atoms with Gasteiger partial charge in [0, 0.05) is 5.37 Å². The lowest BCUT2D eigenvalue weighted by Gasteiger charge is -2.16. The van der Waals surface area contributed by atoms with Crippen molar-refractivity contribution in [3.05, 3.63) is 0 Å². The first-order valence-electron chi connectivity index (χ1n) is 3.75. The van der Waals surface area contributed by atoms with Crippen molar-refractivity contribution < 1.29 is 4.21 Å². The second-order valence-electron chi connectivity index (χ2n) is 3.31. The highest BCUT2D eigenvalue weighted by atomic mass is 32.1. The maximum absolute atomic E-state index is 10.2. The SMILES string of the molecule is CCCCC(C)(C)C=S=O. The lowest BCUT2D eigenvalue weighted by atomic mass is 9.90. The normalized spacial score (nSPS) is 11.1. The average Bonchev–Trinajstić information content (AvgIpc) is 1.84. The summed E-state index contributed by atoms with van der Waals surface area (Å²) in [5.74, 6) is 0. The van der Waals surface area contributed by atoms with Crippen molar-refractivity contribution in [2.45, 2.75) is 40.0 Å². The highest BCUT2D eigenvalue weighted by Crippen LogP contribution is 2.19. The van der Waals surface area contributed by atoms with Crippen molar-refractivity contribution in [2.24, 2.45) is 5.41 Å². The van der Waals surface area contributed by atoms with E-state index < -0.39 is 0 Å². The van der Waals surface area contributed by atoms with Gasteiger partial charge in [-0.1, -0.05) is 33.6 Å². The van der Waals surface area contributed by atoms with Gasteiger partial charge in [-0.3, -0.25) is 0 Å². The molecule has 0 fully saturated rings. The molecule has 0 aromatic heterocycles. The summed E-state index contributed by atoms with van der Waals surface area (Å²) in [5, 5.41) is 1.78. The lowest BCUT2D eigenvalue weighted by molar-refractivity contribution is 0.468. The zero-order valence-corrected chi connectivity index (χ0v) is 7.83. The predicted octanol–water partition coefficient (Wildman–Crippen LogP) is 2.22. The third-order valence-electron chi connectivity index (χ3n) is 1.54. The summed E-state index contributed by atoms with van der Waals surface area (Å²) in [6, 6.07) is 0. The van der Waals surface area contributed by atoms with Crippen LogP contribution in [0, 0.1) is 5.41 Å². The summed E-state index contributed by atoms with van der Waals surface area (Å²) in [5.41, 5.74) is 0.127. The van der Waals surface area contributed by atoms with Crippen molar-refractivity contribution in [3.63, 3.8) is 0 Å². The molecule has 0 amide bonds. The van der Waals surface area contributed by atoms with E-state index in [1.54, 1.807) is 5.37 Å². The van der Waals surface area contributed by atoms with E-state index in [-0.39, 0.29) is 5.41 Å². The summed E-state index contributed by atoms with van der Waals surface area (Å²) in [4.78, 5) is 0. The highest BCUT2D eigenvalue weighted by molar-refractivity contribution is 7.64. The van der Waals surface area contributed by atoms with E-state index in [0.717, 1.165) is 6.42 Å². The Kier molecular flexibility index (Phi) is 4.62. The molecular weight excluding hydrogens is 144 g/mol. The Morgan fingerprint density at radius 3 is 2.50 bits per heavy atom. The van der Waals surface area contributed by atoms with Crippen LogP contribution in [0.25, 0.3) is 0 Å². The van der Waals surface area contributed by atoms with Crippen molar-refractivity contribution in [2.75, 3.05) is 0 Å². The third kappa shape index (κ3) is 4.74. The first-order valence-corrected chi connectivity index (χ1v) is 4.56. The topological polar surface area (TPSA) is 17.1 Å². The van der Waals surface area contributed by atoms with Crippen LogP contribution in [-0.2, 0) is 11.3 Å². The van der Waals surface area contributed by atoms with Gasteiger partial charge in [-0.05, 0) is 11.8 Å². The van der Waals surface area contributed by atoms with Crippen LogP contribution in [0.4, 0.5) is 0 Å². The molecule has 0 rings (SSSR count). The Morgan fingerprint density at radius 1 is 1.50 bits per heavy atom. The largest absolute Gasteiger partial charge is 0.213 e. The third-order valence-corrected chi connectivity index (χ3v) is 2.28. The first kappa shape index (κ1) is 9.89. The van der Waals surface area contributed by atoms with Crippen molar-refractivity contribution >= 4 is 16.6 Å². The van der Waals surface area contributed by atoms with Gasteiger partial charge in [0.2, 0.25) is 0 Å². The van der Waals surface area contributed by atoms with Crippen molar-refractivity contribution in [1.82, 2.24) is 0 Å². The van der Waals surface area contributed by atoms with Gasteiger partial charge in [0.25, 0.3) is 0 Å². The van der Waals surface area contributed by atoms with E-state index in [9.17, 15) is 4.21 Å². The van der Waals surface area contributed by atoms with Crippen LogP contribution in [0.2, 0.25) is 0 Å². The first-order chi connectivity index (χ1) is 4.62. The molecule has 0 aromatic rings. The van der Waals surface area contributed by atoms with Gasteiger partial charge < -0.3 is 0 Å². The maximum atomic E-state index is 10.2. The van der Waals surface area contributed by atoms with Gasteiger partial charge in [0.05, 0.1) is 11.3 Å². The van der Waals surface area contributed by atoms with Gasteiger partial charge in [-0.2, -0.15) is 0 Å². The zero-order valence-electron chi connectivity index (χ0n) is 7.02. The van der Waals surface area contributed by atoms with E-state index in [2.05, 4.69) is 20.8 Å². The van der Waals surface area contributed by atoms with Gasteiger partial charge in [-0.15, -0.1) is 0 Å². The number of hydrogen-bond acceptors (Lipinski definition) is 1. The average molecular weight is 160 g/mol. The smallest absolute Gasteiger partial charge is 0.0846 e. The molecule has 0 spiro atoms. The molecule has 0 N–H and O–H groups in total. The Bertz CT molecular complexity index is 134. The van der Waals surface area contributed by atoms with Gasteiger partial charge in [-0.25, -0.2) is 4.21 Å². The second-order valence-corrected chi connectivity index (χ2v) is 3.73. The standard InChI is InChI=1S/C8H16OS/c1-4-5-6-8(2,3)7-10-9/h7H,4-6H2,1-3H3. The summed E-state index contributed by atoms with van der Waals surface area (Å²) in [6.45, 7) is 6.38. The molecule has 0 aliphatic carbocycles. The molecule has 2 heteroatoms. The molecule has 0 bridgehead atoms. The van der Waals surface area contributed by atoms with Crippen LogP contribution >= 0.6 is 0 Å². The molecule has 60 valence electrons. The summed E-state index contributed by atoms with van der Waals surface area (Å²) in [6.07, 6.45) is 3.55. The summed E-state index contributed by atoms with van der Waals surface area (Å²) >= 11 is 0.584. The minimum Gasteiger partial charge on any atom is -0.213 e. The minimum atomic E-state index is 0.127. The van der Waals surface area contributed by atoms with E-state index in [4.69, 9.17) is 0 Å². The molecule has 1 nitrogen and oxygen atoms in total. The Balaban J connectivity index is 3.74. The predicted molar refractivity (Wildman–Crippen MR) is 47.5 cm³/mol. The quantitative estimate of drug-likeness (QED) is 0.576. The summed E-state index contributed by atoms with van der Waals surface area (Å²) in [7, 11) is 0. The minimum absolute atomic E-state index is 0.127. The van der Waals surface area contributed by atoms with E-state index >= 15 is 0 Å². The molecule has 0 heterocycles. The van der Waals surface area contributed by atoms with Crippen LogP contribution in [0.1, 0.15) is 40.0 Å². The number of unbranched alkanes of at least 4 members (excludes halogenated alkanes) is 1. The zero-order chi connectivity index (χ0) is 8.04. The molecule has 0 saturated carbocycles. The van der Waals surface area contributed by atoms with Gasteiger partial charge >= 0.3 is 0 Å². The number of rotatable bonds is 4. The Hall–Kier alpha value is -0.110. The second kappa shape index (κ2) is 4.67. The summed E-state index contributed by atoms with van der Waals surface area (Å²) < 4.78 is 10.2. The molecular formula is C8H16OS. The number of hydrogen-bond donors (Lipinski definition) is 0. The van der Waals surface area contributed by atoms with Crippen LogP contribution in [-0.4, -0.2) is 9.58 Å². The molecule has 0 radical (unpaired) electrons. The van der Waals surface area contributed by atoms with Crippen molar-refractivity contribution in [3.8, 4) is 0 Å². The molecule has 0 atom stereocenters. The molecule has 0 aliphatic rings. The van der Waals surface area contributed by atoms with Crippen LogP contribution in [0.3, 0.4) is 0 Å². The van der Waals surface area contributed by atoms with Gasteiger partial charge in [0.15, 0.2) is 0 Å². The molecule has 0 aliphatic heterocycles. The fraction of sp³-hybridized carbons (Fsp3) is 0.875. The van der Waals surface area contributed by atoms with Crippen LogP contribution in [0.5, 0.6) is 0 Å². The molecule has 10 heavy (non-hydrogen) atoms. The van der Waals surface area contributed by atoms with Crippen LogP contribution in [0.15, 0.2) is 0 Å². The lowest BCUT2D eigenvalue weighted by Crippen LogP contribution is -2.12. The maximum Gasteiger partial charge on any atom is 0.0846 e. The Morgan fingerprint density at radius 2 is 2.10 bits per heavy atom. The van der Waals surface area contributed by atoms with E-state index in [1.165, 1.54) is 12.8 Å². The molecule has 0 saturated heterocycles. The van der Waals surface area contributed by atoms with Crippen LogP contribution < -0.4 is 0 Å². The molecule has 0 unspecified atom stereocenters.